The Hall–Kier alpha value is -3.93. The van der Waals surface area contributed by atoms with Crippen molar-refractivity contribution in [3.63, 3.8) is 0 Å². The molecule has 0 bridgehead atoms. The molecule has 1 amide bonds. The van der Waals surface area contributed by atoms with E-state index >= 15 is 0 Å². The summed E-state index contributed by atoms with van der Waals surface area (Å²) in [5, 5.41) is 0. The van der Waals surface area contributed by atoms with Crippen molar-refractivity contribution in [3.05, 3.63) is 102 Å². The summed E-state index contributed by atoms with van der Waals surface area (Å²) in [5.74, 6) is 1.01. The van der Waals surface area contributed by atoms with Crippen molar-refractivity contribution in [2.24, 2.45) is 0 Å². The van der Waals surface area contributed by atoms with Gasteiger partial charge >= 0.3 is 5.97 Å². The molecule has 0 heterocycles. The van der Waals surface area contributed by atoms with Crippen LogP contribution in [0.3, 0.4) is 0 Å². The van der Waals surface area contributed by atoms with Crippen LogP contribution in [0.1, 0.15) is 28.4 Å². The van der Waals surface area contributed by atoms with Gasteiger partial charge in [0.1, 0.15) is 0 Å². The number of carbonyl (C=O) groups excluding carboxylic acids is 2. The molecule has 180 valence electrons. The van der Waals surface area contributed by atoms with Crippen LogP contribution < -0.4 is 4.72 Å². The fraction of sp³-hybridized carbons (Fsp3) is 0.185. The Morgan fingerprint density at radius 1 is 0.943 bits per heavy atom. The number of benzene rings is 3. The first-order valence-electron chi connectivity index (χ1n) is 10.9. The largest absolute Gasteiger partial charge is 0.449 e. The lowest BCUT2D eigenvalue weighted by molar-refractivity contribution is -0.141. The summed E-state index contributed by atoms with van der Waals surface area (Å²) in [4.78, 5) is 27.5. The standard InChI is InChI=1S/C27H26N2O5S/c1-3-17-28-35(32,33)25-16-10-15-24(18-25)27(31)34-21(2)26(30)29(19-22-11-6-4-7-12-22)20-23-13-8-5-9-14-23/h1,4-16,18,21,28H,17,19-20H2,2H3. The zero-order valence-electron chi connectivity index (χ0n) is 19.3. The quantitative estimate of drug-likeness (QED) is 0.348. The number of terminal acetylenes is 1. The minimum atomic E-state index is -3.88. The van der Waals surface area contributed by atoms with Crippen molar-refractivity contribution in [2.75, 3.05) is 6.54 Å². The molecule has 0 aromatic heterocycles. The zero-order valence-corrected chi connectivity index (χ0v) is 20.1. The fourth-order valence-electron chi connectivity index (χ4n) is 3.37. The van der Waals surface area contributed by atoms with E-state index in [2.05, 4.69) is 10.6 Å². The predicted octanol–water partition coefficient (Wildman–Crippen LogP) is 3.37. The van der Waals surface area contributed by atoms with E-state index < -0.39 is 22.1 Å². The molecule has 0 radical (unpaired) electrons. The van der Waals surface area contributed by atoms with E-state index in [1.165, 1.54) is 31.2 Å². The molecular formula is C27H26N2O5S. The van der Waals surface area contributed by atoms with Crippen LogP contribution in [0, 0.1) is 12.3 Å². The lowest BCUT2D eigenvalue weighted by Gasteiger charge is -2.26. The van der Waals surface area contributed by atoms with Crippen LogP contribution >= 0.6 is 0 Å². The highest BCUT2D eigenvalue weighted by Crippen LogP contribution is 2.16. The highest BCUT2D eigenvalue weighted by atomic mass is 32.2. The molecule has 8 heteroatoms. The van der Waals surface area contributed by atoms with E-state index in [1.807, 2.05) is 60.7 Å². The average Bonchev–Trinajstić information content (AvgIpc) is 2.88. The maximum absolute atomic E-state index is 13.3. The van der Waals surface area contributed by atoms with Crippen molar-refractivity contribution in [3.8, 4) is 12.3 Å². The molecule has 1 atom stereocenters. The molecule has 3 aromatic rings. The second-order valence-corrected chi connectivity index (χ2v) is 9.54. The third-order valence-corrected chi connectivity index (χ3v) is 6.52. The number of nitrogens with zero attached hydrogens (tertiary/aromatic N) is 1. The molecular weight excluding hydrogens is 464 g/mol. The molecule has 0 saturated carbocycles. The molecule has 0 aliphatic rings. The maximum atomic E-state index is 13.3. The van der Waals surface area contributed by atoms with E-state index in [9.17, 15) is 18.0 Å². The summed E-state index contributed by atoms with van der Waals surface area (Å²) in [7, 11) is -3.88. The molecule has 0 saturated heterocycles. The summed E-state index contributed by atoms with van der Waals surface area (Å²) < 4.78 is 32.3. The number of hydrogen-bond donors (Lipinski definition) is 1. The van der Waals surface area contributed by atoms with Crippen LogP contribution in [0.4, 0.5) is 0 Å². The second-order valence-electron chi connectivity index (χ2n) is 7.77. The third-order valence-electron chi connectivity index (χ3n) is 5.12. The number of carbonyl (C=O) groups is 2. The fourth-order valence-corrected chi connectivity index (χ4v) is 4.35. The van der Waals surface area contributed by atoms with Gasteiger partial charge in [-0.25, -0.2) is 13.2 Å². The molecule has 3 rings (SSSR count). The van der Waals surface area contributed by atoms with Crippen molar-refractivity contribution in [1.29, 1.82) is 0 Å². The van der Waals surface area contributed by atoms with E-state index in [-0.39, 0.29) is 22.9 Å². The Balaban J connectivity index is 1.75. The van der Waals surface area contributed by atoms with Gasteiger partial charge in [0.15, 0.2) is 6.10 Å². The SMILES string of the molecule is C#CCNS(=O)(=O)c1cccc(C(=O)OC(C)C(=O)N(Cc2ccccc2)Cc2ccccc2)c1. The minimum absolute atomic E-state index is 0.00546. The topological polar surface area (TPSA) is 92.8 Å². The molecule has 0 aliphatic heterocycles. The van der Waals surface area contributed by atoms with Gasteiger partial charge in [0.2, 0.25) is 10.0 Å². The summed E-state index contributed by atoms with van der Waals surface area (Å²) in [6.07, 6.45) is 4.02. The first kappa shape index (κ1) is 25.7. The smallest absolute Gasteiger partial charge is 0.338 e. The van der Waals surface area contributed by atoms with Gasteiger partial charge in [0.05, 0.1) is 17.0 Å². The number of esters is 1. The van der Waals surface area contributed by atoms with Crippen LogP contribution in [0.5, 0.6) is 0 Å². The van der Waals surface area contributed by atoms with Gasteiger partial charge in [-0.1, -0.05) is 72.7 Å². The first-order valence-corrected chi connectivity index (χ1v) is 12.4. The van der Waals surface area contributed by atoms with Gasteiger partial charge in [0, 0.05) is 13.1 Å². The number of rotatable bonds is 10. The molecule has 0 spiro atoms. The summed E-state index contributed by atoms with van der Waals surface area (Å²) in [5.41, 5.74) is 1.88. The van der Waals surface area contributed by atoms with E-state index in [0.717, 1.165) is 11.1 Å². The zero-order chi connectivity index (χ0) is 25.3. The lowest BCUT2D eigenvalue weighted by atomic mass is 10.1. The molecule has 7 nitrogen and oxygen atoms in total. The Morgan fingerprint density at radius 3 is 2.06 bits per heavy atom. The Bertz CT molecular complexity index is 1260. The van der Waals surface area contributed by atoms with Gasteiger partial charge < -0.3 is 9.64 Å². The van der Waals surface area contributed by atoms with Gasteiger partial charge in [-0.05, 0) is 36.2 Å². The van der Waals surface area contributed by atoms with Crippen LogP contribution in [0.15, 0.2) is 89.8 Å². The highest BCUT2D eigenvalue weighted by molar-refractivity contribution is 7.89. The number of amides is 1. The van der Waals surface area contributed by atoms with Gasteiger partial charge in [0.25, 0.3) is 5.91 Å². The van der Waals surface area contributed by atoms with Gasteiger partial charge in [-0.3, -0.25) is 4.79 Å². The van der Waals surface area contributed by atoms with Crippen molar-refractivity contribution >= 4 is 21.9 Å². The number of nitrogens with one attached hydrogen (secondary N) is 1. The summed E-state index contributed by atoms with van der Waals surface area (Å²) >= 11 is 0. The second kappa shape index (κ2) is 12.0. The number of sulfonamides is 1. The molecule has 0 fully saturated rings. The van der Waals surface area contributed by atoms with Crippen molar-refractivity contribution in [1.82, 2.24) is 9.62 Å². The molecule has 1 unspecified atom stereocenters. The third kappa shape index (κ3) is 7.27. The normalized spacial score (nSPS) is 11.8. The van der Waals surface area contributed by atoms with Crippen LogP contribution in [0.2, 0.25) is 0 Å². The van der Waals surface area contributed by atoms with Crippen molar-refractivity contribution < 1.29 is 22.7 Å². The van der Waals surface area contributed by atoms with Crippen LogP contribution in [-0.2, 0) is 32.6 Å². The predicted molar refractivity (Wildman–Crippen MR) is 132 cm³/mol. The minimum Gasteiger partial charge on any atom is -0.449 e. The van der Waals surface area contributed by atoms with Crippen LogP contribution in [-0.4, -0.2) is 37.8 Å². The molecule has 0 aliphatic carbocycles. The summed E-state index contributed by atoms with van der Waals surface area (Å²) in [6, 6.07) is 24.4. The Labute approximate surface area is 205 Å². The molecule has 1 N–H and O–H groups in total. The monoisotopic (exact) mass is 490 g/mol. The highest BCUT2D eigenvalue weighted by Gasteiger charge is 2.25. The number of hydrogen-bond acceptors (Lipinski definition) is 5. The van der Waals surface area contributed by atoms with Crippen LogP contribution in [0.25, 0.3) is 0 Å². The average molecular weight is 491 g/mol. The molecule has 3 aromatic carbocycles. The van der Waals surface area contributed by atoms with E-state index in [0.29, 0.717) is 13.1 Å². The van der Waals surface area contributed by atoms with E-state index in [4.69, 9.17) is 11.2 Å². The molecule has 35 heavy (non-hydrogen) atoms. The van der Waals surface area contributed by atoms with Gasteiger partial charge in [-0.2, -0.15) is 4.72 Å². The summed E-state index contributed by atoms with van der Waals surface area (Å²) in [6.45, 7) is 2.00. The van der Waals surface area contributed by atoms with Gasteiger partial charge in [-0.15, -0.1) is 6.42 Å². The first-order chi connectivity index (χ1) is 16.8. The van der Waals surface area contributed by atoms with Crippen molar-refractivity contribution in [2.45, 2.75) is 31.0 Å². The Kier molecular flexibility index (Phi) is 8.79. The maximum Gasteiger partial charge on any atom is 0.338 e. The lowest BCUT2D eigenvalue weighted by Crippen LogP contribution is -2.39. The van der Waals surface area contributed by atoms with E-state index in [1.54, 1.807) is 4.90 Å². The number of ether oxygens (including phenoxy) is 1. The Morgan fingerprint density at radius 2 is 1.51 bits per heavy atom.